The Balaban J connectivity index is 3.04. The molecule has 8 nitrogen and oxygen atoms in total. The first-order valence-electron chi connectivity index (χ1n) is 5.56. The summed E-state index contributed by atoms with van der Waals surface area (Å²) in [7, 11) is 3.64. The second-order valence-electron chi connectivity index (χ2n) is 4.02. The van der Waals surface area contributed by atoms with E-state index >= 15 is 0 Å². The van der Waals surface area contributed by atoms with Gasteiger partial charge >= 0.3 is 5.97 Å². The van der Waals surface area contributed by atoms with Gasteiger partial charge in [0.25, 0.3) is 0 Å². The molecule has 0 aliphatic heterocycles. The molecule has 0 spiro atoms. The molecule has 0 aliphatic rings. The van der Waals surface area contributed by atoms with Crippen molar-refractivity contribution in [3.05, 3.63) is 34.2 Å². The summed E-state index contributed by atoms with van der Waals surface area (Å²) in [6.07, 6.45) is 0. The van der Waals surface area contributed by atoms with Gasteiger partial charge in [-0.15, -0.1) is 0 Å². The molecule has 0 amide bonds. The molecule has 1 atom stereocenters. The number of hydrogen-bond donors (Lipinski definition) is 0. The Morgan fingerprint density at radius 2 is 2.25 bits per heavy atom. The highest BCUT2D eigenvalue weighted by molar-refractivity contribution is 7.79. The quantitative estimate of drug-likeness (QED) is 0.259. The molecule has 0 saturated carbocycles. The highest BCUT2D eigenvalue weighted by Gasteiger charge is 2.15. The Morgan fingerprint density at radius 3 is 2.80 bits per heavy atom. The topological polar surface area (TPSA) is 118 Å². The number of esters is 1. The van der Waals surface area contributed by atoms with Gasteiger partial charge in [0.15, 0.2) is 0 Å². The molecule has 0 heterocycles. The zero-order valence-corrected chi connectivity index (χ0v) is 11.8. The maximum Gasteiger partial charge on any atom is 0.338 e. The lowest BCUT2D eigenvalue weighted by Crippen LogP contribution is -2.20. The molecule has 0 N–H and O–H groups in total. The molecule has 9 heteroatoms. The summed E-state index contributed by atoms with van der Waals surface area (Å²) in [5.74, 6) is -0.735. The molecule has 20 heavy (non-hydrogen) atoms. The van der Waals surface area contributed by atoms with Crippen LogP contribution < -0.4 is 0 Å². The molecule has 108 valence electrons. The van der Waals surface area contributed by atoms with Gasteiger partial charge in [-0.1, -0.05) is 11.2 Å². The van der Waals surface area contributed by atoms with Crippen LogP contribution in [0.15, 0.2) is 28.2 Å². The van der Waals surface area contributed by atoms with Gasteiger partial charge in [-0.25, -0.2) is 4.79 Å². The van der Waals surface area contributed by atoms with Crippen molar-refractivity contribution >= 4 is 22.7 Å². The van der Waals surface area contributed by atoms with E-state index in [9.17, 15) is 13.6 Å². The summed E-state index contributed by atoms with van der Waals surface area (Å²) in [5, 5.41) is 3.27. The third kappa shape index (κ3) is 4.32. The highest BCUT2D eigenvalue weighted by Crippen LogP contribution is 2.27. The smallest absolute Gasteiger partial charge is 0.338 e. The monoisotopic (exact) mass is 297 g/mol. The number of carbonyl (C=O) groups excluding carboxylic acids is 1. The van der Waals surface area contributed by atoms with Crippen LogP contribution in [0.4, 0.5) is 5.69 Å². The van der Waals surface area contributed by atoms with Gasteiger partial charge in [-0.05, 0) is 42.8 Å². The lowest BCUT2D eigenvalue weighted by atomic mass is 10.2. The zero-order chi connectivity index (χ0) is 15.1. The van der Waals surface area contributed by atoms with Crippen LogP contribution >= 0.6 is 0 Å². The van der Waals surface area contributed by atoms with Crippen molar-refractivity contribution in [1.29, 1.82) is 0 Å². The van der Waals surface area contributed by atoms with Crippen LogP contribution in [0.1, 0.15) is 10.4 Å². The van der Waals surface area contributed by atoms with E-state index in [1.165, 1.54) is 18.2 Å². The minimum Gasteiger partial charge on any atom is -0.768 e. The highest BCUT2D eigenvalue weighted by atomic mass is 32.2. The van der Waals surface area contributed by atoms with Crippen molar-refractivity contribution in [2.24, 2.45) is 5.11 Å². The molecule has 0 radical (unpaired) electrons. The standard InChI is InChI=1S/C11H14N4O4S/c1-15(2)6-7-19-11(16)8-4-3-5-9(20(17)18)10(8)13-14-12/h3-5H,6-7H2,1-2H3,(H,17,18)/p-1. The Labute approximate surface area is 118 Å². The maximum atomic E-state index is 11.9. The minimum absolute atomic E-state index is 0.0803. The molecule has 0 aliphatic carbocycles. The van der Waals surface area contributed by atoms with Crippen LogP contribution in [-0.4, -0.2) is 46.9 Å². The number of ether oxygens (including phenoxy) is 1. The first kappa shape index (κ1) is 16.1. The zero-order valence-electron chi connectivity index (χ0n) is 11.0. The van der Waals surface area contributed by atoms with Crippen LogP contribution in [0, 0.1) is 0 Å². The Bertz CT molecular complexity index is 570. The second-order valence-corrected chi connectivity index (χ2v) is 4.92. The van der Waals surface area contributed by atoms with Gasteiger partial charge in [0.1, 0.15) is 6.61 Å². The Kier molecular flexibility index (Phi) is 6.13. The lowest BCUT2D eigenvalue weighted by Gasteiger charge is -2.13. The SMILES string of the molecule is CN(C)CCOC(=O)c1cccc(S(=O)[O-])c1N=[N+]=[N-]. The fourth-order valence-electron chi connectivity index (χ4n) is 1.37. The minimum atomic E-state index is -2.61. The van der Waals surface area contributed by atoms with E-state index in [0.29, 0.717) is 6.54 Å². The summed E-state index contributed by atoms with van der Waals surface area (Å²) >= 11 is -2.61. The predicted octanol–water partition coefficient (Wildman–Crippen LogP) is 1.58. The van der Waals surface area contributed by atoms with E-state index in [1.807, 2.05) is 19.0 Å². The molecule has 0 bridgehead atoms. The first-order chi connectivity index (χ1) is 9.47. The number of carbonyl (C=O) groups is 1. The number of benzene rings is 1. The first-order valence-corrected chi connectivity index (χ1v) is 6.64. The Morgan fingerprint density at radius 1 is 1.55 bits per heavy atom. The molecular weight excluding hydrogens is 284 g/mol. The molecular formula is C11H13N4O4S-. The molecule has 0 fully saturated rings. The van der Waals surface area contributed by atoms with Gasteiger partial charge in [-0.2, -0.15) is 0 Å². The van der Waals surface area contributed by atoms with E-state index in [0.717, 1.165) is 0 Å². The van der Waals surface area contributed by atoms with E-state index in [2.05, 4.69) is 10.0 Å². The van der Waals surface area contributed by atoms with Crippen molar-refractivity contribution in [1.82, 2.24) is 4.90 Å². The number of rotatable bonds is 6. The van der Waals surface area contributed by atoms with Gasteiger partial charge in [-0.3, -0.25) is 4.21 Å². The molecule has 1 rings (SSSR count). The summed E-state index contributed by atoms with van der Waals surface area (Å²) in [5.41, 5.74) is 8.15. The fraction of sp³-hybridized carbons (Fsp3) is 0.364. The molecule has 1 aromatic rings. The summed E-state index contributed by atoms with van der Waals surface area (Å²) < 4.78 is 27.1. The summed E-state index contributed by atoms with van der Waals surface area (Å²) in [6.45, 7) is 0.669. The lowest BCUT2D eigenvalue weighted by molar-refractivity contribution is 0.0482. The maximum absolute atomic E-state index is 11.9. The number of azide groups is 1. The van der Waals surface area contributed by atoms with Gasteiger partial charge in [0.2, 0.25) is 0 Å². The predicted molar refractivity (Wildman–Crippen MR) is 71.3 cm³/mol. The van der Waals surface area contributed by atoms with Crippen molar-refractivity contribution in [2.45, 2.75) is 4.90 Å². The van der Waals surface area contributed by atoms with Crippen LogP contribution in [0.3, 0.4) is 0 Å². The van der Waals surface area contributed by atoms with Crippen molar-refractivity contribution in [2.75, 3.05) is 27.2 Å². The fourth-order valence-corrected chi connectivity index (χ4v) is 1.87. The van der Waals surface area contributed by atoms with Crippen molar-refractivity contribution in [3.63, 3.8) is 0 Å². The number of hydrogen-bond acceptors (Lipinski definition) is 6. The van der Waals surface area contributed by atoms with E-state index in [1.54, 1.807) is 0 Å². The van der Waals surface area contributed by atoms with E-state index < -0.39 is 17.0 Å². The van der Waals surface area contributed by atoms with Gasteiger partial charge in [0, 0.05) is 16.4 Å². The Hall–Kier alpha value is -1.93. The third-order valence-corrected chi connectivity index (χ3v) is 3.00. The average molecular weight is 297 g/mol. The summed E-state index contributed by atoms with van der Waals surface area (Å²) in [4.78, 5) is 16.0. The molecule has 1 aromatic carbocycles. The molecule has 0 saturated heterocycles. The van der Waals surface area contributed by atoms with Crippen LogP contribution in [0.2, 0.25) is 0 Å². The van der Waals surface area contributed by atoms with Gasteiger partial charge in [0.05, 0.1) is 11.3 Å². The van der Waals surface area contributed by atoms with Crippen molar-refractivity contribution in [3.8, 4) is 0 Å². The summed E-state index contributed by atoms with van der Waals surface area (Å²) in [6, 6.07) is 3.96. The van der Waals surface area contributed by atoms with Crippen LogP contribution in [0.25, 0.3) is 10.4 Å². The van der Waals surface area contributed by atoms with Crippen molar-refractivity contribution < 1.29 is 18.3 Å². The largest absolute Gasteiger partial charge is 0.768 e. The van der Waals surface area contributed by atoms with E-state index in [-0.39, 0.29) is 22.8 Å². The van der Waals surface area contributed by atoms with Gasteiger partial charge < -0.3 is 14.2 Å². The van der Waals surface area contributed by atoms with Crippen LogP contribution in [0.5, 0.6) is 0 Å². The number of nitrogens with zero attached hydrogens (tertiary/aromatic N) is 4. The molecule has 0 aromatic heterocycles. The second kappa shape index (κ2) is 7.61. The normalized spacial score (nSPS) is 11.8. The molecule has 1 unspecified atom stereocenters. The van der Waals surface area contributed by atoms with Crippen LogP contribution in [-0.2, 0) is 15.8 Å². The average Bonchev–Trinajstić information content (AvgIpc) is 2.38. The van der Waals surface area contributed by atoms with E-state index in [4.69, 9.17) is 10.3 Å². The third-order valence-electron chi connectivity index (χ3n) is 2.31. The number of likely N-dealkylation sites (N-methyl/N-ethyl adjacent to an activating group) is 1.